The van der Waals surface area contributed by atoms with Crippen LogP contribution in [0.5, 0.6) is 0 Å². The molecule has 0 aromatic rings. The number of hydrogen-bond acceptors (Lipinski definition) is 12. The zero-order valence-electron chi connectivity index (χ0n) is 12.5. The normalized spacial score (nSPS) is 4.44. The first-order valence-electron chi connectivity index (χ1n) is 2.83. The first-order valence-corrected chi connectivity index (χ1v) is 2.83. The van der Waals surface area contributed by atoms with Crippen LogP contribution < -0.4 is 12.3 Å². The van der Waals surface area contributed by atoms with Crippen molar-refractivity contribution in [2.45, 2.75) is 0 Å². The molecule has 0 aromatic heterocycles. The van der Waals surface area contributed by atoms with Crippen molar-refractivity contribution in [2.24, 2.45) is 0 Å². The Balaban J connectivity index is -0.00000000978. The Morgan fingerprint density at radius 1 is 0.407 bits per heavy atom. The van der Waals surface area contributed by atoms with E-state index in [2.05, 4.69) is 0 Å². The summed E-state index contributed by atoms with van der Waals surface area (Å²) in [6.45, 7) is 0. The molecule has 0 aliphatic heterocycles. The molecule has 26 nitrogen and oxygen atoms in total. The maximum absolute atomic E-state index is 8.36. The predicted octanol–water partition coefficient (Wildman–Crippen LogP) is -4.71. The van der Waals surface area contributed by atoms with Gasteiger partial charge in [0.2, 0.25) is 0 Å². The maximum Gasteiger partial charge on any atom is 0.291 e. The summed E-state index contributed by atoms with van der Waals surface area (Å²) in [7, 11) is 0. The van der Waals surface area contributed by atoms with Gasteiger partial charge in [0, 0.05) is 41.7 Å². The molecule has 0 atom stereocenters. The quantitative estimate of drug-likeness (QED) is 0.108. The zero-order valence-corrected chi connectivity index (χ0v) is 15.6. The van der Waals surface area contributed by atoms with Gasteiger partial charge in [0.25, 0.3) is 25.4 Å². The number of nitrogens with zero attached hydrogens (tertiary/aromatic N) is 5. The third-order valence-corrected chi connectivity index (χ3v) is 0. The van der Waals surface area contributed by atoms with Crippen LogP contribution in [0.4, 0.5) is 0 Å². The molecule has 0 aromatic carbocycles. The largest absolute Gasteiger partial charge is 0.412 e. The van der Waals surface area contributed by atoms with Crippen molar-refractivity contribution in [3.63, 3.8) is 0 Å². The van der Waals surface area contributed by atoms with E-state index in [1.807, 2.05) is 0 Å². The summed E-state index contributed by atoms with van der Waals surface area (Å²) in [4.78, 5) is 41.8. The maximum atomic E-state index is 8.36. The van der Waals surface area contributed by atoms with Crippen LogP contribution in [0.3, 0.4) is 0 Å². The molecule has 0 aliphatic rings. The van der Waals surface area contributed by atoms with Gasteiger partial charge in [-0.3, -0.25) is 0 Å². The number of hydrogen-bond donors (Lipinski definition) is 7. The fraction of sp³-hybridized carbons (Fsp3) is 0. The Kier molecular flexibility index (Phi) is 250. The standard InChI is InChI=1S/Ce.5HNO3.2H3N.4H2O/c;5*2-1(3)4;;;;;;/h;5*(H,2,3,4);2*1H3;4*1H2. The van der Waals surface area contributed by atoms with Gasteiger partial charge in [-0.1, -0.05) is 0 Å². The van der Waals surface area contributed by atoms with Crippen molar-refractivity contribution in [3.05, 3.63) is 50.6 Å². The van der Waals surface area contributed by atoms with Gasteiger partial charge in [-0.2, -0.15) is 0 Å². The van der Waals surface area contributed by atoms with Crippen LogP contribution in [0.15, 0.2) is 0 Å². The fourth-order valence-corrected chi connectivity index (χ4v) is 0. The van der Waals surface area contributed by atoms with Crippen LogP contribution in [0, 0.1) is 92.3 Å². The minimum atomic E-state index is -1.50. The molecule has 0 radical (unpaired) electrons. The van der Waals surface area contributed by atoms with Crippen molar-refractivity contribution in [2.75, 3.05) is 0 Å². The minimum absolute atomic E-state index is 0. The van der Waals surface area contributed by atoms with Crippen molar-refractivity contribution in [1.82, 2.24) is 12.3 Å². The Hall–Kier alpha value is -2.86. The Bertz CT molecular complexity index is 213. The van der Waals surface area contributed by atoms with Gasteiger partial charge in [0.15, 0.2) is 0 Å². The first-order chi connectivity index (χ1) is 8.66. The van der Waals surface area contributed by atoms with Crippen LogP contribution in [-0.4, -0.2) is 73.4 Å². The second kappa shape index (κ2) is 77.0. The van der Waals surface area contributed by atoms with E-state index in [1.54, 1.807) is 0 Å². The molecule has 0 heterocycles. The second-order valence-electron chi connectivity index (χ2n) is 1.19. The molecule has 0 unspecified atom stereocenters. The van der Waals surface area contributed by atoms with Crippen LogP contribution in [0.1, 0.15) is 0 Å². The second-order valence-corrected chi connectivity index (χ2v) is 1.19. The van der Waals surface area contributed by atoms with E-state index in [0.29, 0.717) is 0 Å². The van der Waals surface area contributed by atoms with Gasteiger partial charge in [-0.15, -0.1) is 50.6 Å². The summed E-state index contributed by atoms with van der Waals surface area (Å²) in [5.41, 5.74) is 0. The molecule has 172 valence electrons. The van der Waals surface area contributed by atoms with E-state index >= 15 is 0 Å². The predicted molar refractivity (Wildman–Crippen MR) is 68.4 cm³/mol. The molecule has 0 rings (SSSR count). The molecule has 0 spiro atoms. The van der Waals surface area contributed by atoms with E-state index in [4.69, 9.17) is 76.6 Å². The molecule has 0 aliphatic carbocycles. The molecule has 19 N–H and O–H groups in total. The smallest absolute Gasteiger partial charge is 0.291 e. The third-order valence-electron chi connectivity index (χ3n) is 0. The SMILES string of the molecule is N.N.O.O.O.O.O=[N+]([O-])O.O=[N+]([O-])O.O=[N+]([O-])O.O=[N+]([O-])O.O=[N+]([O-])O.[Ce]. The Morgan fingerprint density at radius 3 is 0.407 bits per heavy atom. The number of rotatable bonds is 0. The Labute approximate surface area is 177 Å². The molecule has 27 heteroatoms. The molecule has 27 heavy (non-hydrogen) atoms. The van der Waals surface area contributed by atoms with Crippen molar-refractivity contribution in [1.29, 1.82) is 0 Å². The van der Waals surface area contributed by atoms with Crippen LogP contribution >= 0.6 is 0 Å². The monoisotopic (exact) mass is 561 g/mol. The van der Waals surface area contributed by atoms with E-state index in [9.17, 15) is 0 Å². The van der Waals surface area contributed by atoms with Gasteiger partial charge < -0.3 is 60.2 Å². The Morgan fingerprint density at radius 2 is 0.407 bits per heavy atom. The molecule has 0 amide bonds. The topological polar surface area (TPSA) is 513 Å². The van der Waals surface area contributed by atoms with Crippen molar-refractivity contribution < 1.29 is 115 Å². The van der Waals surface area contributed by atoms with Gasteiger partial charge in [0.1, 0.15) is 0 Å². The van der Waals surface area contributed by atoms with Crippen LogP contribution in [0.25, 0.3) is 0 Å². The van der Waals surface area contributed by atoms with Gasteiger partial charge in [0.05, 0.1) is 0 Å². The minimum Gasteiger partial charge on any atom is -0.412 e. The fourth-order valence-electron chi connectivity index (χ4n) is 0. The van der Waals surface area contributed by atoms with E-state index in [-0.39, 0.29) is 76.0 Å². The summed E-state index contributed by atoms with van der Waals surface area (Å²) in [6, 6.07) is 0. The molecule has 0 bridgehead atoms. The van der Waals surface area contributed by atoms with Gasteiger partial charge in [-0.25, -0.2) is 0 Å². The van der Waals surface area contributed by atoms with E-state index in [0.717, 1.165) is 0 Å². The van der Waals surface area contributed by atoms with Gasteiger partial charge in [-0.05, 0) is 0 Å². The third kappa shape index (κ3) is 1260. The molecule has 0 saturated carbocycles. The van der Waals surface area contributed by atoms with Crippen molar-refractivity contribution in [3.8, 4) is 0 Å². The molecule has 0 saturated heterocycles. The summed E-state index contributed by atoms with van der Waals surface area (Å²) in [6.07, 6.45) is 0. The summed E-state index contributed by atoms with van der Waals surface area (Å²) in [5.74, 6) is 0. The summed E-state index contributed by atoms with van der Waals surface area (Å²) < 4.78 is 0. The first kappa shape index (κ1) is 87.7. The van der Waals surface area contributed by atoms with E-state index < -0.39 is 25.4 Å². The molecular formula is H19CeN7O19. The van der Waals surface area contributed by atoms with Gasteiger partial charge >= 0.3 is 0 Å². The zero-order chi connectivity index (χ0) is 17.9. The van der Waals surface area contributed by atoms with E-state index in [1.165, 1.54) is 0 Å². The average Bonchev–Trinajstić information content (AvgIpc) is 1.94. The average molecular weight is 561 g/mol. The summed E-state index contributed by atoms with van der Waals surface area (Å²) >= 11 is 0. The molecular weight excluding hydrogens is 542 g/mol. The summed E-state index contributed by atoms with van der Waals surface area (Å²) in [5, 5.41) is 68.2. The van der Waals surface area contributed by atoms with Crippen molar-refractivity contribution >= 4 is 0 Å². The van der Waals surface area contributed by atoms with Crippen LogP contribution in [0.2, 0.25) is 0 Å². The molecule has 0 fully saturated rings. The van der Waals surface area contributed by atoms with Crippen LogP contribution in [-0.2, 0) is 0 Å².